The lowest BCUT2D eigenvalue weighted by Gasteiger charge is -2.18. The Bertz CT molecular complexity index is 619. The lowest BCUT2D eigenvalue weighted by Crippen LogP contribution is -2.29. The average Bonchev–Trinajstić information content (AvgIpc) is 2.38. The van der Waals surface area contributed by atoms with Crippen molar-refractivity contribution in [2.45, 2.75) is 32.6 Å². The summed E-state index contributed by atoms with van der Waals surface area (Å²) in [7, 11) is -3.48. The third kappa shape index (κ3) is 4.28. The number of carboxylic acid groups (broad SMARTS) is 1. The minimum absolute atomic E-state index is 0.00234. The Kier molecular flexibility index (Phi) is 5.92. The molecule has 0 amide bonds. The molecule has 0 saturated heterocycles. The van der Waals surface area contributed by atoms with Gasteiger partial charge in [0.2, 0.25) is 0 Å². The predicted molar refractivity (Wildman–Crippen MR) is 82.7 cm³/mol. The van der Waals surface area contributed by atoms with Gasteiger partial charge in [-0.25, -0.2) is 13.2 Å². The highest BCUT2D eigenvalue weighted by Crippen LogP contribution is 2.22. The van der Waals surface area contributed by atoms with Crippen molar-refractivity contribution in [2.24, 2.45) is 0 Å². The van der Waals surface area contributed by atoms with E-state index in [1.807, 2.05) is 18.7 Å². The second-order valence-corrected chi connectivity index (χ2v) is 7.16. The summed E-state index contributed by atoms with van der Waals surface area (Å²) in [5, 5.41) is 9.14. The maximum Gasteiger partial charge on any atom is 0.335 e. The van der Waals surface area contributed by atoms with Crippen molar-refractivity contribution < 1.29 is 18.3 Å². The van der Waals surface area contributed by atoms with Crippen LogP contribution in [0, 0.1) is 13.8 Å². The van der Waals surface area contributed by atoms with Crippen LogP contribution in [0.4, 0.5) is 0 Å². The summed E-state index contributed by atoms with van der Waals surface area (Å²) in [6, 6.07) is 2.90. The van der Waals surface area contributed by atoms with Gasteiger partial charge in [-0.05, 0) is 44.1 Å². The lowest BCUT2D eigenvalue weighted by molar-refractivity contribution is 0.0696. The Morgan fingerprint density at radius 3 is 2.19 bits per heavy atom. The molecule has 0 radical (unpaired) electrons. The van der Waals surface area contributed by atoms with Gasteiger partial charge in [-0.3, -0.25) is 0 Å². The van der Waals surface area contributed by atoms with Crippen molar-refractivity contribution in [3.63, 3.8) is 0 Å². The summed E-state index contributed by atoms with van der Waals surface area (Å²) in [6.45, 7) is 9.36. The van der Waals surface area contributed by atoms with E-state index in [0.29, 0.717) is 17.7 Å². The molecule has 0 aliphatic heterocycles. The fourth-order valence-electron chi connectivity index (χ4n) is 2.30. The number of carboxylic acids is 1. The van der Waals surface area contributed by atoms with Gasteiger partial charge >= 0.3 is 5.97 Å². The van der Waals surface area contributed by atoms with Crippen LogP contribution in [-0.2, 0) is 9.84 Å². The summed E-state index contributed by atoms with van der Waals surface area (Å²) >= 11 is 0. The highest BCUT2D eigenvalue weighted by atomic mass is 32.2. The summed E-state index contributed by atoms with van der Waals surface area (Å²) in [5.41, 5.74) is 1.21. The number of hydrogen-bond acceptors (Lipinski definition) is 4. The number of aryl methyl sites for hydroxylation is 2. The minimum Gasteiger partial charge on any atom is -0.478 e. The normalized spacial score (nSPS) is 11.9. The van der Waals surface area contributed by atoms with Gasteiger partial charge in [0, 0.05) is 6.54 Å². The second kappa shape index (κ2) is 7.04. The van der Waals surface area contributed by atoms with Gasteiger partial charge in [0.15, 0.2) is 9.84 Å². The van der Waals surface area contributed by atoms with Crippen LogP contribution in [0.2, 0.25) is 0 Å². The molecule has 118 valence electrons. The first-order valence-corrected chi connectivity index (χ1v) is 8.67. The predicted octanol–water partition coefficient (Wildman–Crippen LogP) is 2.12. The number of sulfone groups is 1. The maximum atomic E-state index is 12.5. The molecule has 1 rings (SSSR count). The highest BCUT2D eigenvalue weighted by molar-refractivity contribution is 7.91. The van der Waals surface area contributed by atoms with Crippen LogP contribution in [0.3, 0.4) is 0 Å². The van der Waals surface area contributed by atoms with Gasteiger partial charge < -0.3 is 10.0 Å². The Morgan fingerprint density at radius 1 is 1.14 bits per heavy atom. The number of nitrogens with zero attached hydrogens (tertiary/aromatic N) is 1. The Hall–Kier alpha value is -1.40. The van der Waals surface area contributed by atoms with Crippen LogP contribution >= 0.6 is 0 Å². The lowest BCUT2D eigenvalue weighted by atomic mass is 10.1. The zero-order chi connectivity index (χ0) is 16.2. The zero-order valence-electron chi connectivity index (χ0n) is 13.0. The van der Waals surface area contributed by atoms with Gasteiger partial charge in [0.05, 0.1) is 16.2 Å². The van der Waals surface area contributed by atoms with Gasteiger partial charge in [0.1, 0.15) is 0 Å². The molecular weight excluding hydrogens is 290 g/mol. The molecule has 0 unspecified atom stereocenters. The van der Waals surface area contributed by atoms with E-state index in [4.69, 9.17) is 5.11 Å². The quantitative estimate of drug-likeness (QED) is 0.834. The first-order chi connectivity index (χ1) is 9.72. The topological polar surface area (TPSA) is 74.7 Å². The van der Waals surface area contributed by atoms with Crippen molar-refractivity contribution in [1.82, 2.24) is 4.90 Å². The monoisotopic (exact) mass is 313 g/mol. The summed E-state index contributed by atoms with van der Waals surface area (Å²) in [5.74, 6) is -1.11. The summed E-state index contributed by atoms with van der Waals surface area (Å²) in [4.78, 5) is 13.3. The fourth-order valence-corrected chi connectivity index (χ4v) is 3.86. The van der Waals surface area contributed by atoms with Gasteiger partial charge in [-0.2, -0.15) is 0 Å². The molecule has 1 aromatic rings. The van der Waals surface area contributed by atoms with E-state index in [-0.39, 0.29) is 16.2 Å². The summed E-state index contributed by atoms with van der Waals surface area (Å²) in [6.07, 6.45) is 0. The molecule has 0 heterocycles. The van der Waals surface area contributed by atoms with E-state index < -0.39 is 15.8 Å². The van der Waals surface area contributed by atoms with Crippen LogP contribution < -0.4 is 0 Å². The van der Waals surface area contributed by atoms with Crippen LogP contribution in [-0.4, -0.2) is 49.8 Å². The van der Waals surface area contributed by atoms with Gasteiger partial charge in [-0.1, -0.05) is 19.9 Å². The third-order valence-corrected chi connectivity index (χ3v) is 5.49. The zero-order valence-corrected chi connectivity index (χ0v) is 13.8. The molecule has 21 heavy (non-hydrogen) atoms. The van der Waals surface area contributed by atoms with Crippen molar-refractivity contribution in [1.29, 1.82) is 0 Å². The molecule has 0 aliphatic carbocycles. The molecule has 1 aromatic carbocycles. The molecule has 5 nitrogen and oxygen atoms in total. The molecular formula is C15H23NO4S. The first kappa shape index (κ1) is 17.7. The number of benzene rings is 1. The van der Waals surface area contributed by atoms with Gasteiger partial charge in [-0.15, -0.1) is 0 Å². The molecule has 6 heteroatoms. The molecule has 1 N–H and O–H groups in total. The third-order valence-electron chi connectivity index (χ3n) is 3.66. The minimum atomic E-state index is -3.48. The van der Waals surface area contributed by atoms with Crippen molar-refractivity contribution >= 4 is 15.8 Å². The molecule has 0 aliphatic rings. The maximum absolute atomic E-state index is 12.5. The van der Waals surface area contributed by atoms with Crippen molar-refractivity contribution in [3.05, 3.63) is 28.8 Å². The molecule has 0 fully saturated rings. The number of rotatable bonds is 7. The van der Waals surface area contributed by atoms with Crippen LogP contribution in [0.1, 0.15) is 35.3 Å². The second-order valence-electron chi connectivity index (χ2n) is 5.08. The van der Waals surface area contributed by atoms with E-state index in [1.165, 1.54) is 6.07 Å². The van der Waals surface area contributed by atoms with E-state index in [9.17, 15) is 13.2 Å². The van der Waals surface area contributed by atoms with Crippen LogP contribution in [0.15, 0.2) is 17.0 Å². The summed E-state index contributed by atoms with van der Waals surface area (Å²) < 4.78 is 24.9. The first-order valence-electron chi connectivity index (χ1n) is 7.02. The number of aromatic carboxylic acids is 1. The van der Waals surface area contributed by atoms with E-state index >= 15 is 0 Å². The number of carbonyl (C=O) groups is 1. The van der Waals surface area contributed by atoms with Crippen LogP contribution in [0.5, 0.6) is 0 Å². The Balaban J connectivity index is 3.13. The van der Waals surface area contributed by atoms with Crippen LogP contribution in [0.25, 0.3) is 0 Å². The standard InChI is InChI=1S/C15H23NO4S/c1-5-16(6-2)7-8-21(19,20)14-10-13(15(17)18)11(3)9-12(14)4/h9-10H,5-8H2,1-4H3,(H,17,18). The Morgan fingerprint density at radius 2 is 1.71 bits per heavy atom. The van der Waals surface area contributed by atoms with Crippen molar-refractivity contribution in [2.75, 3.05) is 25.4 Å². The Labute approximate surface area is 126 Å². The number of hydrogen-bond donors (Lipinski definition) is 1. The van der Waals surface area contributed by atoms with Crippen molar-refractivity contribution in [3.8, 4) is 0 Å². The average molecular weight is 313 g/mol. The van der Waals surface area contributed by atoms with E-state index in [2.05, 4.69) is 0 Å². The molecule has 0 spiro atoms. The van der Waals surface area contributed by atoms with Gasteiger partial charge in [0.25, 0.3) is 0 Å². The van der Waals surface area contributed by atoms with E-state index in [1.54, 1.807) is 19.9 Å². The highest BCUT2D eigenvalue weighted by Gasteiger charge is 2.21. The molecule has 0 bridgehead atoms. The molecule has 0 atom stereocenters. The SMILES string of the molecule is CCN(CC)CCS(=O)(=O)c1cc(C(=O)O)c(C)cc1C. The largest absolute Gasteiger partial charge is 0.478 e. The molecule has 0 aromatic heterocycles. The smallest absolute Gasteiger partial charge is 0.335 e. The fraction of sp³-hybridized carbons (Fsp3) is 0.533. The molecule has 0 saturated carbocycles. The van der Waals surface area contributed by atoms with E-state index in [0.717, 1.165) is 13.1 Å².